The van der Waals surface area contributed by atoms with Gasteiger partial charge < -0.3 is 18.8 Å². The second kappa shape index (κ2) is 14.4. The van der Waals surface area contributed by atoms with Crippen LogP contribution in [0.5, 0.6) is 0 Å². The lowest BCUT2D eigenvalue weighted by Gasteiger charge is -2.35. The average molecular weight is 881 g/mol. The third-order valence-electron chi connectivity index (χ3n) is 14.4. The number of hydrogen-bond acceptors (Lipinski definition) is 8. The van der Waals surface area contributed by atoms with Gasteiger partial charge in [-0.3, -0.25) is 19.0 Å². The minimum Gasteiger partial charge on any atom is -0.376 e. The Hall–Kier alpha value is -6.68. The lowest BCUT2D eigenvalue weighted by atomic mass is 9.83. The van der Waals surface area contributed by atoms with E-state index in [1.54, 1.807) is 59.2 Å². The number of nitrogens with zero attached hydrogens (tertiary/aromatic N) is 9. The van der Waals surface area contributed by atoms with Gasteiger partial charge in [0, 0.05) is 49.3 Å². The van der Waals surface area contributed by atoms with Crippen molar-refractivity contribution in [2.75, 3.05) is 13.2 Å². The highest BCUT2D eigenvalue weighted by atomic mass is 19.1. The number of H-pyrrole nitrogens is 1. The molecule has 1 aliphatic carbocycles. The highest BCUT2D eigenvalue weighted by Gasteiger charge is 2.59. The topological polar surface area (TPSA) is 147 Å². The molecule has 1 saturated heterocycles. The maximum absolute atomic E-state index is 16.3. The molecule has 11 rings (SSSR count). The van der Waals surface area contributed by atoms with Crippen molar-refractivity contribution >= 4 is 27.7 Å². The number of aryl methyl sites for hydroxylation is 4. The molecule has 2 aliphatic heterocycles. The van der Waals surface area contributed by atoms with E-state index in [2.05, 4.69) is 58.8 Å². The van der Waals surface area contributed by atoms with Gasteiger partial charge in [0.2, 0.25) is 0 Å². The molecule has 16 heteroatoms. The molecule has 4 atom stereocenters. The molecule has 0 spiro atoms. The van der Waals surface area contributed by atoms with E-state index in [4.69, 9.17) is 19.3 Å². The Kier molecular flexibility index (Phi) is 9.10. The van der Waals surface area contributed by atoms with Gasteiger partial charge in [-0.05, 0) is 132 Å². The Morgan fingerprint density at radius 3 is 2.43 bits per heavy atom. The van der Waals surface area contributed by atoms with Gasteiger partial charge in [0.1, 0.15) is 28.6 Å². The Morgan fingerprint density at radius 1 is 0.969 bits per heavy atom. The smallest absolute Gasteiger partial charge is 0.376 e. The highest BCUT2D eigenvalue weighted by molar-refractivity contribution is 6.00. The van der Waals surface area contributed by atoms with E-state index in [9.17, 15) is 4.79 Å². The molecule has 65 heavy (non-hydrogen) atoms. The minimum absolute atomic E-state index is 0.0289. The number of ether oxygens (including phenoxy) is 1. The molecule has 3 aliphatic rings. The normalized spacial score (nSPS) is 21.7. The number of aromatic nitrogens is 9. The van der Waals surface area contributed by atoms with Gasteiger partial charge in [0.05, 0.1) is 51.5 Å². The Bertz CT molecular complexity index is 3310. The van der Waals surface area contributed by atoms with Crippen molar-refractivity contribution in [3.63, 3.8) is 0 Å². The van der Waals surface area contributed by atoms with E-state index in [0.717, 1.165) is 35.0 Å². The van der Waals surface area contributed by atoms with Crippen molar-refractivity contribution in [1.29, 1.82) is 0 Å². The largest absolute Gasteiger partial charge is 0.438 e. The fourth-order valence-electron chi connectivity index (χ4n) is 10.9. The van der Waals surface area contributed by atoms with Gasteiger partial charge in [-0.2, -0.15) is 10.2 Å². The van der Waals surface area contributed by atoms with Gasteiger partial charge in [-0.1, -0.05) is 18.1 Å². The summed E-state index contributed by atoms with van der Waals surface area (Å²) in [6, 6.07) is 15.0. The Morgan fingerprint density at radius 2 is 1.72 bits per heavy atom. The van der Waals surface area contributed by atoms with Crippen LogP contribution in [0.15, 0.2) is 70.2 Å². The van der Waals surface area contributed by atoms with E-state index < -0.39 is 23.2 Å². The van der Waals surface area contributed by atoms with Crippen molar-refractivity contribution in [3.05, 3.63) is 128 Å². The molecular formula is C49H50F2N10O4. The van der Waals surface area contributed by atoms with Crippen LogP contribution in [0.2, 0.25) is 0 Å². The molecule has 2 fully saturated rings. The fourth-order valence-corrected chi connectivity index (χ4v) is 10.9. The first-order valence-corrected chi connectivity index (χ1v) is 22.3. The predicted octanol–water partition coefficient (Wildman–Crippen LogP) is 8.66. The Balaban J connectivity index is 1.06. The van der Waals surface area contributed by atoms with Gasteiger partial charge in [-0.15, -0.1) is 0 Å². The first-order valence-electron chi connectivity index (χ1n) is 22.3. The molecule has 8 aromatic rings. The summed E-state index contributed by atoms with van der Waals surface area (Å²) in [5, 5.41) is 14.9. The van der Waals surface area contributed by atoms with Gasteiger partial charge in [-0.25, -0.2) is 23.2 Å². The number of nitrogens with one attached hydrogen (secondary N) is 1. The van der Waals surface area contributed by atoms with Crippen molar-refractivity contribution in [3.8, 4) is 22.8 Å². The minimum atomic E-state index is -0.821. The molecule has 3 aromatic carbocycles. The van der Waals surface area contributed by atoms with Crippen LogP contribution in [0.3, 0.4) is 0 Å². The molecule has 7 heterocycles. The van der Waals surface area contributed by atoms with Crippen LogP contribution in [0.4, 0.5) is 8.78 Å². The quantitative estimate of drug-likeness (QED) is 0.167. The number of imidazole rings is 1. The van der Waals surface area contributed by atoms with Crippen molar-refractivity contribution in [1.82, 2.24) is 48.7 Å². The van der Waals surface area contributed by atoms with Crippen molar-refractivity contribution in [2.24, 2.45) is 13.0 Å². The standard InChI is InChI=1S/C49H50F2N10O4/c1-25-17-33(18-26(2)42(25)50)61-44(36-24-59(29(5)53-36)39-12-11-38-34(43(39)51)23-52-57(38)8)41-28(4)58(15-13-35(41)55-61)45(62)40-20-32-19-30(31-14-16-64-48(6,7)22-31)9-10-37(32)60(40)49(21-27(49)3)46-54-47(63)65-56-46/h9-12,17-20,23-24,27-28,31H,13-16,21-22H2,1-8H3,(H,54,56,63)/t27-,28-,31-,49-/m0/s1. The number of hydrogen-bond donors (Lipinski definition) is 1. The average Bonchev–Trinajstić information content (AvgIpc) is 3.90. The third-order valence-corrected chi connectivity index (χ3v) is 14.4. The van der Waals surface area contributed by atoms with E-state index in [0.29, 0.717) is 88.1 Å². The molecule has 0 unspecified atom stereocenters. The second-order valence-electron chi connectivity index (χ2n) is 19.0. The number of benzene rings is 3. The maximum atomic E-state index is 16.3. The number of carbonyl (C=O) groups excluding carboxylic acids is 1. The SMILES string of the molecule is Cc1cc(-n2nc3c(c2-c2cn(-c4ccc5c(cnn5C)c4F)c(C)n2)[C@H](C)N(C(=O)c2cc4cc([C@H]5CCOC(C)(C)C5)ccc4n2[C@@]2(c4noc(=O)[nH]4)C[C@@H]2C)CC3)cc(C)c1F. The lowest BCUT2D eigenvalue weighted by molar-refractivity contribution is -0.0592. The molecule has 5 aromatic heterocycles. The van der Waals surface area contributed by atoms with E-state index in [1.165, 1.54) is 11.8 Å². The molecule has 1 amide bonds. The number of halogens is 2. The summed E-state index contributed by atoms with van der Waals surface area (Å²) in [5.41, 5.74) is 6.69. The second-order valence-corrected chi connectivity index (χ2v) is 19.0. The number of rotatable bonds is 7. The van der Waals surface area contributed by atoms with Crippen LogP contribution in [0, 0.1) is 38.3 Å². The molecular weight excluding hydrogens is 831 g/mol. The zero-order valence-electron chi connectivity index (χ0n) is 37.7. The van der Waals surface area contributed by atoms with Crippen molar-refractivity contribution < 1.29 is 22.8 Å². The molecule has 1 saturated carbocycles. The summed E-state index contributed by atoms with van der Waals surface area (Å²) in [6.07, 6.45) is 6.15. The van der Waals surface area contributed by atoms with Gasteiger partial charge >= 0.3 is 5.76 Å². The zero-order valence-corrected chi connectivity index (χ0v) is 37.7. The number of fused-ring (bicyclic) bond motifs is 3. The van der Waals surface area contributed by atoms with Crippen LogP contribution in [-0.2, 0) is 23.7 Å². The van der Waals surface area contributed by atoms with E-state index in [-0.39, 0.29) is 29.2 Å². The zero-order chi connectivity index (χ0) is 45.4. The summed E-state index contributed by atoms with van der Waals surface area (Å²) in [5.74, 6) is -0.339. The van der Waals surface area contributed by atoms with Crippen LogP contribution in [0.1, 0.15) is 109 Å². The molecule has 0 radical (unpaired) electrons. The Labute approximate surface area is 372 Å². The molecule has 334 valence electrons. The fraction of sp³-hybridized carbons (Fsp3) is 0.388. The van der Waals surface area contributed by atoms with Crippen LogP contribution >= 0.6 is 0 Å². The molecule has 0 bridgehead atoms. The first kappa shape index (κ1) is 41.1. The third kappa shape index (κ3) is 6.27. The van der Waals surface area contributed by atoms with E-state index >= 15 is 13.6 Å². The van der Waals surface area contributed by atoms with Crippen LogP contribution in [0.25, 0.3) is 44.6 Å². The van der Waals surface area contributed by atoms with Crippen molar-refractivity contribution in [2.45, 2.75) is 97.2 Å². The molecule has 14 nitrogen and oxygen atoms in total. The maximum Gasteiger partial charge on any atom is 0.438 e. The van der Waals surface area contributed by atoms with Crippen LogP contribution < -0.4 is 5.76 Å². The molecule has 1 N–H and O–H groups in total. The summed E-state index contributed by atoms with van der Waals surface area (Å²) < 4.78 is 49.7. The monoisotopic (exact) mass is 880 g/mol. The summed E-state index contributed by atoms with van der Waals surface area (Å²) in [4.78, 5) is 37.8. The number of aromatic amines is 1. The highest BCUT2D eigenvalue weighted by Crippen LogP contribution is 2.56. The van der Waals surface area contributed by atoms with Gasteiger partial charge in [0.15, 0.2) is 11.6 Å². The number of carbonyl (C=O) groups is 1. The lowest BCUT2D eigenvalue weighted by Crippen LogP contribution is -2.41. The summed E-state index contributed by atoms with van der Waals surface area (Å²) in [7, 11) is 1.77. The first-order chi connectivity index (χ1) is 31.0. The van der Waals surface area contributed by atoms with Crippen LogP contribution in [-0.4, -0.2) is 73.4 Å². The van der Waals surface area contributed by atoms with Gasteiger partial charge in [0.25, 0.3) is 5.91 Å². The van der Waals surface area contributed by atoms with E-state index in [1.807, 2.05) is 30.9 Å². The number of amides is 1. The summed E-state index contributed by atoms with van der Waals surface area (Å²) in [6.45, 7) is 14.6. The summed E-state index contributed by atoms with van der Waals surface area (Å²) >= 11 is 0. The predicted molar refractivity (Wildman–Crippen MR) is 240 cm³/mol.